The average molecular weight is 323 g/mol. The van der Waals surface area contributed by atoms with E-state index in [1.807, 2.05) is 4.90 Å². The van der Waals surface area contributed by atoms with Crippen molar-refractivity contribution in [2.24, 2.45) is 0 Å². The molecule has 0 aliphatic carbocycles. The van der Waals surface area contributed by atoms with E-state index in [0.29, 0.717) is 28.4 Å². The van der Waals surface area contributed by atoms with Crippen LogP contribution in [-0.4, -0.2) is 33.3 Å². The Balaban J connectivity index is 2.16. The Labute approximate surface area is 128 Å². The predicted octanol–water partition coefficient (Wildman–Crippen LogP) is 1.25. The Morgan fingerprint density at radius 1 is 1.18 bits per heavy atom. The van der Waals surface area contributed by atoms with Crippen LogP contribution in [0.25, 0.3) is 10.9 Å². The second-order valence-electron chi connectivity index (χ2n) is 5.53. The van der Waals surface area contributed by atoms with Crippen LogP contribution in [0.1, 0.15) is 12.8 Å². The van der Waals surface area contributed by atoms with Gasteiger partial charge < -0.3 is 10.1 Å². The van der Waals surface area contributed by atoms with Crippen LogP contribution in [0.5, 0.6) is 0 Å². The van der Waals surface area contributed by atoms with Crippen molar-refractivity contribution in [3.05, 3.63) is 32.7 Å². The van der Waals surface area contributed by atoms with Gasteiger partial charge >= 0.3 is 5.69 Å². The van der Waals surface area contributed by atoms with Crippen LogP contribution >= 0.6 is 11.8 Å². The van der Waals surface area contributed by atoms with Crippen LogP contribution in [0, 0.1) is 5.82 Å². The first-order valence-corrected chi connectivity index (χ1v) is 8.17. The maximum absolute atomic E-state index is 14.6. The molecule has 0 unspecified atom stereocenters. The van der Waals surface area contributed by atoms with Gasteiger partial charge in [0, 0.05) is 25.4 Å². The van der Waals surface area contributed by atoms with E-state index >= 15 is 0 Å². The SMILES string of the molecule is O=c1c2cc(F)c(N3CCCC3)c3c2n(c(=O)n1O)CCS3. The number of benzene rings is 1. The number of hydrogen-bond acceptors (Lipinski definition) is 5. The van der Waals surface area contributed by atoms with Crippen LogP contribution in [0.4, 0.5) is 10.1 Å². The minimum absolute atomic E-state index is 0.0461. The maximum atomic E-state index is 14.6. The average Bonchev–Trinajstić information content (AvgIpc) is 3.04. The molecule has 0 spiro atoms. The number of anilines is 1. The van der Waals surface area contributed by atoms with E-state index in [0.717, 1.165) is 32.0 Å². The van der Waals surface area contributed by atoms with Crippen molar-refractivity contribution in [1.82, 2.24) is 9.30 Å². The Morgan fingerprint density at radius 2 is 1.91 bits per heavy atom. The molecule has 1 N–H and O–H groups in total. The van der Waals surface area contributed by atoms with Gasteiger partial charge in [0.2, 0.25) is 0 Å². The summed E-state index contributed by atoms with van der Waals surface area (Å²) in [4.78, 5) is 26.8. The van der Waals surface area contributed by atoms with Crippen molar-refractivity contribution in [2.45, 2.75) is 24.3 Å². The zero-order chi connectivity index (χ0) is 15.4. The fraction of sp³-hybridized carbons (Fsp3) is 0.429. The van der Waals surface area contributed by atoms with Crippen LogP contribution in [0.2, 0.25) is 0 Å². The zero-order valence-corrected chi connectivity index (χ0v) is 12.5. The van der Waals surface area contributed by atoms with Gasteiger partial charge in [0.05, 0.1) is 21.5 Å². The molecular formula is C14H14FN3O3S. The summed E-state index contributed by atoms with van der Waals surface area (Å²) in [5.41, 5.74) is -0.706. The van der Waals surface area contributed by atoms with Crippen molar-refractivity contribution in [3.63, 3.8) is 0 Å². The van der Waals surface area contributed by atoms with E-state index in [1.54, 1.807) is 0 Å². The molecule has 2 aliphatic heterocycles. The lowest BCUT2D eigenvalue weighted by Crippen LogP contribution is -2.40. The highest BCUT2D eigenvalue weighted by molar-refractivity contribution is 7.99. The Kier molecular flexibility index (Phi) is 2.97. The van der Waals surface area contributed by atoms with E-state index in [1.165, 1.54) is 16.3 Å². The summed E-state index contributed by atoms with van der Waals surface area (Å²) in [7, 11) is 0. The molecule has 0 atom stereocenters. The van der Waals surface area contributed by atoms with Crippen LogP contribution in [0.15, 0.2) is 20.6 Å². The minimum atomic E-state index is -0.869. The molecule has 2 aromatic rings. The number of aromatic nitrogens is 2. The lowest BCUT2D eigenvalue weighted by atomic mass is 10.2. The van der Waals surface area contributed by atoms with Crippen LogP contribution < -0.4 is 16.1 Å². The fourth-order valence-electron chi connectivity index (χ4n) is 3.27. The number of thioether (sulfide) groups is 1. The Hall–Kier alpha value is -1.96. The molecule has 3 heterocycles. The minimum Gasteiger partial charge on any atom is -0.421 e. The van der Waals surface area contributed by atoms with E-state index in [2.05, 4.69) is 0 Å². The lowest BCUT2D eigenvalue weighted by molar-refractivity contribution is 0.157. The molecule has 22 heavy (non-hydrogen) atoms. The highest BCUT2D eigenvalue weighted by Crippen LogP contribution is 2.41. The largest absolute Gasteiger partial charge is 0.421 e. The molecule has 8 heteroatoms. The molecule has 4 rings (SSSR count). The van der Waals surface area contributed by atoms with Crippen molar-refractivity contribution >= 4 is 28.4 Å². The highest BCUT2D eigenvalue weighted by Gasteiger charge is 2.28. The molecule has 0 saturated carbocycles. The molecule has 1 aromatic carbocycles. The van der Waals surface area contributed by atoms with E-state index in [9.17, 15) is 19.2 Å². The van der Waals surface area contributed by atoms with Gasteiger partial charge in [-0.3, -0.25) is 9.36 Å². The van der Waals surface area contributed by atoms with E-state index < -0.39 is 17.1 Å². The van der Waals surface area contributed by atoms with E-state index in [-0.39, 0.29) is 10.1 Å². The van der Waals surface area contributed by atoms with Gasteiger partial charge in [0.25, 0.3) is 5.56 Å². The second kappa shape index (κ2) is 4.77. The quantitative estimate of drug-likeness (QED) is 0.800. The first-order valence-electron chi connectivity index (χ1n) is 7.18. The molecular weight excluding hydrogens is 309 g/mol. The number of hydrogen-bond donors (Lipinski definition) is 1. The molecule has 0 radical (unpaired) electrons. The number of rotatable bonds is 1. The third-order valence-corrected chi connectivity index (χ3v) is 5.33. The Bertz CT molecular complexity index is 899. The summed E-state index contributed by atoms with van der Waals surface area (Å²) in [6, 6.07) is 1.14. The highest BCUT2D eigenvalue weighted by atomic mass is 32.2. The molecule has 1 aromatic heterocycles. The van der Waals surface area contributed by atoms with Crippen molar-refractivity contribution in [3.8, 4) is 0 Å². The summed E-state index contributed by atoms with van der Waals surface area (Å²) in [5, 5.41) is 9.68. The van der Waals surface area contributed by atoms with Gasteiger partial charge in [0.15, 0.2) is 0 Å². The summed E-state index contributed by atoms with van der Waals surface area (Å²) < 4.78 is 16.0. The van der Waals surface area contributed by atoms with Gasteiger partial charge in [-0.1, -0.05) is 4.73 Å². The van der Waals surface area contributed by atoms with Crippen LogP contribution in [0.3, 0.4) is 0 Å². The first-order chi connectivity index (χ1) is 10.6. The molecule has 2 aliphatic rings. The van der Waals surface area contributed by atoms with Crippen molar-refractivity contribution in [1.29, 1.82) is 0 Å². The maximum Gasteiger partial charge on any atom is 0.365 e. The summed E-state index contributed by atoms with van der Waals surface area (Å²) in [6.45, 7) is 1.94. The van der Waals surface area contributed by atoms with Gasteiger partial charge in [0.1, 0.15) is 5.82 Å². The summed E-state index contributed by atoms with van der Waals surface area (Å²) >= 11 is 1.46. The van der Waals surface area contributed by atoms with Gasteiger partial charge in [-0.25, -0.2) is 9.18 Å². The third kappa shape index (κ3) is 1.73. The normalized spacial score (nSPS) is 17.4. The molecule has 116 valence electrons. The van der Waals surface area contributed by atoms with Crippen molar-refractivity contribution < 1.29 is 9.60 Å². The summed E-state index contributed by atoms with van der Waals surface area (Å²) in [5.74, 6) is 0.130. The topological polar surface area (TPSA) is 67.5 Å². The summed E-state index contributed by atoms with van der Waals surface area (Å²) in [6.07, 6.45) is 2.01. The Morgan fingerprint density at radius 3 is 2.64 bits per heavy atom. The monoisotopic (exact) mass is 323 g/mol. The van der Waals surface area contributed by atoms with Gasteiger partial charge in [-0.2, -0.15) is 0 Å². The predicted molar refractivity (Wildman–Crippen MR) is 81.8 cm³/mol. The number of halogens is 1. The third-order valence-electron chi connectivity index (χ3n) is 4.27. The number of nitrogens with zero attached hydrogens (tertiary/aromatic N) is 3. The first kappa shape index (κ1) is 13.7. The van der Waals surface area contributed by atoms with Gasteiger partial charge in [-0.05, 0) is 18.9 Å². The molecule has 0 amide bonds. The van der Waals surface area contributed by atoms with E-state index in [4.69, 9.17) is 0 Å². The molecule has 1 saturated heterocycles. The zero-order valence-electron chi connectivity index (χ0n) is 11.7. The standard InChI is InChI=1S/C14H14FN3O3S/c15-9-7-8-10-12(11(9)16-3-1-2-4-16)22-6-5-17(10)14(20)18(21)13(8)19/h7,21H,1-6H2. The lowest BCUT2D eigenvalue weighted by Gasteiger charge is -2.26. The molecule has 0 bridgehead atoms. The molecule has 6 nitrogen and oxygen atoms in total. The number of aryl methyl sites for hydroxylation is 1. The molecule has 1 fully saturated rings. The fourth-order valence-corrected chi connectivity index (χ4v) is 4.47. The van der Waals surface area contributed by atoms with Crippen LogP contribution in [-0.2, 0) is 6.54 Å². The van der Waals surface area contributed by atoms with Gasteiger partial charge in [-0.15, -0.1) is 11.8 Å². The van der Waals surface area contributed by atoms with Crippen molar-refractivity contribution in [2.75, 3.05) is 23.7 Å². The second-order valence-corrected chi connectivity index (χ2v) is 6.63. The smallest absolute Gasteiger partial charge is 0.365 e.